The number of hydrazine groups is 1. The molecular weight excluding hydrogens is 635 g/mol. The van der Waals surface area contributed by atoms with E-state index in [0.717, 1.165) is 17.7 Å². The lowest BCUT2D eigenvalue weighted by atomic mass is 9.82. The largest absolute Gasteiger partial charge is 0.505 e. The molecular formula is C32H32F3N7O6. The predicted molar refractivity (Wildman–Crippen MR) is 163 cm³/mol. The summed E-state index contributed by atoms with van der Waals surface area (Å²) in [4.78, 5) is 52.9. The number of carbonyl (C=O) groups excluding carboxylic acids is 3. The summed E-state index contributed by atoms with van der Waals surface area (Å²) in [5.74, 6) is -1.08. The summed E-state index contributed by atoms with van der Waals surface area (Å²) < 4.78 is 51.4. The van der Waals surface area contributed by atoms with E-state index in [-0.39, 0.29) is 67.7 Å². The summed E-state index contributed by atoms with van der Waals surface area (Å²) in [6.07, 6.45) is -1.03. The number of halogens is 3. The van der Waals surface area contributed by atoms with Gasteiger partial charge >= 0.3 is 6.18 Å². The first-order chi connectivity index (χ1) is 22.9. The van der Waals surface area contributed by atoms with E-state index in [1.165, 1.54) is 36.3 Å². The Morgan fingerprint density at radius 1 is 1.21 bits per heavy atom. The van der Waals surface area contributed by atoms with Crippen molar-refractivity contribution in [1.82, 2.24) is 25.2 Å². The minimum absolute atomic E-state index is 0.00830. The average Bonchev–Trinajstić information content (AvgIpc) is 3.68. The normalized spacial score (nSPS) is 21.9. The molecule has 3 amide bonds. The second-order valence-electron chi connectivity index (χ2n) is 12.1. The molecule has 1 aromatic heterocycles. The van der Waals surface area contributed by atoms with Gasteiger partial charge in [-0.25, -0.2) is 15.0 Å². The number of alkyl halides is 3. The summed E-state index contributed by atoms with van der Waals surface area (Å²) in [6.45, 7) is 2.53. The number of amidine groups is 1. The van der Waals surface area contributed by atoms with Crippen molar-refractivity contribution in [3.05, 3.63) is 76.3 Å². The molecule has 0 aliphatic carbocycles. The standard InChI is InChI=1S/C32H32F3N7O6/c1-18-15-20(32(33,34)35)4-5-21(18)37-24(44)16-41-22-17-48-31(8-11-40(12-9-31)29(46)26-23(43)3-2-10-36-26)25(22)28(45)42-30(41)38-27(39-42)19-6-13-47-14-7-19/h2-6,10,15,30,43H,7-9,11-14,16-17H2,1H3,(H,37,44)(H,38,39). The number of benzene rings is 1. The Kier molecular flexibility index (Phi) is 7.86. The number of nitrogens with one attached hydrogen (secondary N) is 2. The van der Waals surface area contributed by atoms with Crippen molar-refractivity contribution in [1.29, 1.82) is 0 Å². The number of rotatable bonds is 5. The Hall–Kier alpha value is -4.96. The fraction of sp³-hybridized carbons (Fsp3) is 0.406. The molecule has 0 saturated carbocycles. The third kappa shape index (κ3) is 5.53. The second kappa shape index (κ2) is 11.9. The van der Waals surface area contributed by atoms with Crippen LogP contribution in [0.5, 0.6) is 5.75 Å². The predicted octanol–water partition coefficient (Wildman–Crippen LogP) is 2.70. The van der Waals surface area contributed by atoms with Crippen molar-refractivity contribution in [2.24, 2.45) is 4.99 Å². The van der Waals surface area contributed by atoms with Gasteiger partial charge in [0, 0.05) is 25.0 Å². The van der Waals surface area contributed by atoms with E-state index in [2.05, 4.69) is 15.7 Å². The second-order valence-corrected chi connectivity index (χ2v) is 12.1. The van der Waals surface area contributed by atoms with Crippen LogP contribution in [-0.2, 0) is 25.2 Å². The number of hydrogen-bond acceptors (Lipinski definition) is 10. The number of aromatic nitrogens is 1. The average molecular weight is 668 g/mol. The van der Waals surface area contributed by atoms with Crippen molar-refractivity contribution in [3.63, 3.8) is 0 Å². The number of amides is 3. The number of aromatic hydroxyl groups is 1. The van der Waals surface area contributed by atoms with Crippen molar-refractivity contribution < 1.29 is 42.1 Å². The molecule has 0 radical (unpaired) electrons. The number of ether oxygens (including phenoxy) is 2. The summed E-state index contributed by atoms with van der Waals surface area (Å²) in [7, 11) is 0. The van der Waals surface area contributed by atoms with Crippen molar-refractivity contribution >= 4 is 29.2 Å². The molecule has 1 atom stereocenters. The van der Waals surface area contributed by atoms with Crippen molar-refractivity contribution in [2.75, 3.05) is 44.8 Å². The van der Waals surface area contributed by atoms with E-state index in [1.807, 2.05) is 6.08 Å². The molecule has 3 N–H and O–H groups in total. The van der Waals surface area contributed by atoms with E-state index < -0.39 is 35.4 Å². The number of aryl methyl sites for hydroxylation is 1. The molecule has 5 aliphatic heterocycles. The van der Waals surface area contributed by atoms with Gasteiger partial charge < -0.3 is 29.7 Å². The highest BCUT2D eigenvalue weighted by atomic mass is 19.4. The topological polar surface area (TPSA) is 149 Å². The van der Waals surface area contributed by atoms with Gasteiger partial charge in [-0.05, 0) is 67.7 Å². The van der Waals surface area contributed by atoms with Gasteiger partial charge in [0.2, 0.25) is 12.2 Å². The molecule has 48 heavy (non-hydrogen) atoms. The molecule has 16 heteroatoms. The highest BCUT2D eigenvalue weighted by molar-refractivity contribution is 6.05. The van der Waals surface area contributed by atoms with E-state index in [4.69, 9.17) is 14.5 Å². The number of aliphatic imine (C=N–C) groups is 1. The molecule has 6 heterocycles. The van der Waals surface area contributed by atoms with Gasteiger partial charge in [-0.3, -0.25) is 19.8 Å². The Balaban J connectivity index is 1.16. The van der Waals surface area contributed by atoms with Crippen LogP contribution in [0, 0.1) is 6.92 Å². The molecule has 7 rings (SSSR count). The summed E-state index contributed by atoms with van der Waals surface area (Å²) in [6, 6.07) is 6.00. The first-order valence-corrected chi connectivity index (χ1v) is 15.5. The van der Waals surface area contributed by atoms with Crippen LogP contribution in [0.2, 0.25) is 0 Å². The number of anilines is 1. The first-order valence-electron chi connectivity index (χ1n) is 15.5. The Bertz CT molecular complexity index is 1780. The molecule has 2 aromatic rings. The van der Waals surface area contributed by atoms with Crippen molar-refractivity contribution in [2.45, 2.75) is 44.3 Å². The SMILES string of the molecule is Cc1cc(C(F)(F)F)ccc1NC(=O)CN1C2=C(C(=O)N3NC(C4=CCOCC4)=NC13)C1(CCN(C(=O)c3ncccc3O)CC1)OC2. The van der Waals surface area contributed by atoms with Crippen LogP contribution in [-0.4, -0.2) is 99.8 Å². The maximum absolute atomic E-state index is 14.2. The zero-order chi connectivity index (χ0) is 33.8. The van der Waals surface area contributed by atoms with Crippen LogP contribution in [0.4, 0.5) is 18.9 Å². The monoisotopic (exact) mass is 667 g/mol. The molecule has 0 bridgehead atoms. The Labute approximate surface area is 272 Å². The lowest BCUT2D eigenvalue weighted by molar-refractivity contribution is -0.140. The smallest absolute Gasteiger partial charge is 0.416 e. The van der Waals surface area contributed by atoms with Gasteiger partial charge in [-0.15, -0.1) is 0 Å². The van der Waals surface area contributed by atoms with E-state index in [9.17, 15) is 32.7 Å². The molecule has 1 saturated heterocycles. The molecule has 5 aliphatic rings. The van der Waals surface area contributed by atoms with Gasteiger partial charge in [0.25, 0.3) is 11.8 Å². The Morgan fingerprint density at radius 3 is 2.69 bits per heavy atom. The Morgan fingerprint density at radius 2 is 2.00 bits per heavy atom. The lowest BCUT2D eigenvalue weighted by Crippen LogP contribution is -2.60. The van der Waals surface area contributed by atoms with Gasteiger partial charge in [-0.2, -0.15) is 13.2 Å². The molecule has 1 spiro atoms. The van der Waals surface area contributed by atoms with Gasteiger partial charge in [0.15, 0.2) is 5.69 Å². The number of carbonyl (C=O) groups is 3. The van der Waals surface area contributed by atoms with Crippen LogP contribution in [0.1, 0.15) is 40.9 Å². The highest BCUT2D eigenvalue weighted by Crippen LogP contribution is 2.46. The van der Waals surface area contributed by atoms with Crippen LogP contribution >= 0.6 is 0 Å². The molecule has 1 aromatic carbocycles. The number of hydrogen-bond donors (Lipinski definition) is 3. The molecule has 13 nitrogen and oxygen atoms in total. The summed E-state index contributed by atoms with van der Waals surface area (Å²) >= 11 is 0. The zero-order valence-corrected chi connectivity index (χ0v) is 25.8. The highest BCUT2D eigenvalue weighted by Gasteiger charge is 2.56. The summed E-state index contributed by atoms with van der Waals surface area (Å²) in [5, 5.41) is 14.2. The van der Waals surface area contributed by atoms with Crippen LogP contribution in [0.25, 0.3) is 0 Å². The minimum atomic E-state index is -4.52. The van der Waals surface area contributed by atoms with Gasteiger partial charge in [-0.1, -0.05) is 6.08 Å². The number of fused-ring (bicyclic) bond motifs is 2. The number of piperidine rings is 1. The maximum atomic E-state index is 14.2. The van der Waals surface area contributed by atoms with E-state index >= 15 is 0 Å². The third-order valence-electron chi connectivity index (χ3n) is 9.25. The quantitative estimate of drug-likeness (QED) is 0.438. The number of nitrogens with zero attached hydrogens (tertiary/aromatic N) is 5. The van der Waals surface area contributed by atoms with Crippen LogP contribution in [0.3, 0.4) is 0 Å². The number of likely N-dealkylation sites (tertiary alicyclic amines) is 1. The van der Waals surface area contributed by atoms with Gasteiger partial charge in [0.1, 0.15) is 23.7 Å². The van der Waals surface area contributed by atoms with Gasteiger partial charge in [0.05, 0.1) is 36.7 Å². The minimum Gasteiger partial charge on any atom is -0.505 e. The molecule has 1 fully saturated rings. The molecule has 1 unspecified atom stereocenters. The lowest BCUT2D eigenvalue weighted by Gasteiger charge is -2.43. The fourth-order valence-corrected chi connectivity index (χ4v) is 6.73. The van der Waals surface area contributed by atoms with Crippen molar-refractivity contribution in [3.8, 4) is 5.75 Å². The summed E-state index contributed by atoms with van der Waals surface area (Å²) in [5.41, 5.74) is 3.35. The van der Waals surface area contributed by atoms with E-state index in [1.54, 1.807) is 9.80 Å². The fourth-order valence-electron chi connectivity index (χ4n) is 6.73. The van der Waals surface area contributed by atoms with Crippen LogP contribution in [0.15, 0.2) is 64.4 Å². The zero-order valence-electron chi connectivity index (χ0n) is 25.8. The third-order valence-corrected chi connectivity index (χ3v) is 9.25. The maximum Gasteiger partial charge on any atom is 0.416 e. The van der Waals surface area contributed by atoms with Crippen LogP contribution < -0.4 is 10.7 Å². The van der Waals surface area contributed by atoms with E-state index in [0.29, 0.717) is 36.7 Å². The first kappa shape index (κ1) is 31.6. The molecule has 252 valence electrons. The number of pyridine rings is 1.